The van der Waals surface area contributed by atoms with Crippen LogP contribution >= 0.6 is 15.9 Å². The summed E-state index contributed by atoms with van der Waals surface area (Å²) in [7, 11) is 0. The van der Waals surface area contributed by atoms with E-state index >= 15 is 0 Å². The molecule has 1 heterocycles. The second kappa shape index (κ2) is 6.34. The fraction of sp³-hybridized carbons (Fsp3) is 0.571. The average Bonchev–Trinajstić information content (AvgIpc) is 2.42. The molecule has 0 radical (unpaired) electrons. The number of aromatic nitrogens is 1. The first-order valence-corrected chi connectivity index (χ1v) is 7.56. The van der Waals surface area contributed by atoms with E-state index in [1.165, 1.54) is 0 Å². The van der Waals surface area contributed by atoms with Crippen molar-refractivity contribution in [2.45, 2.75) is 38.8 Å². The van der Waals surface area contributed by atoms with Crippen LogP contribution in [0, 0.1) is 18.8 Å². The number of halogens is 4. The number of nitrogens with zero attached hydrogens (tertiary/aromatic N) is 1. The summed E-state index contributed by atoms with van der Waals surface area (Å²) in [6.45, 7) is 1.85. The van der Waals surface area contributed by atoms with Gasteiger partial charge < -0.3 is 5.32 Å². The van der Waals surface area contributed by atoms with Crippen LogP contribution in [-0.2, 0) is 4.79 Å². The topological polar surface area (TPSA) is 42.0 Å². The van der Waals surface area contributed by atoms with Crippen molar-refractivity contribution in [2.24, 2.45) is 11.8 Å². The Hall–Kier alpha value is -1.11. The molecular weight excluding hydrogens is 349 g/mol. The Morgan fingerprint density at radius 3 is 2.76 bits per heavy atom. The van der Waals surface area contributed by atoms with Crippen LogP contribution in [0.25, 0.3) is 0 Å². The Labute approximate surface area is 129 Å². The third kappa shape index (κ3) is 4.18. The van der Waals surface area contributed by atoms with Gasteiger partial charge in [0.1, 0.15) is 5.82 Å². The molecule has 1 amide bonds. The maximum atomic E-state index is 12.8. The van der Waals surface area contributed by atoms with Crippen molar-refractivity contribution in [3.8, 4) is 0 Å². The van der Waals surface area contributed by atoms with Crippen LogP contribution in [0.15, 0.2) is 16.7 Å². The molecule has 1 fully saturated rings. The third-order valence-corrected chi connectivity index (χ3v) is 4.64. The molecule has 2 rings (SSSR count). The first-order chi connectivity index (χ1) is 9.77. The Kier molecular flexibility index (Phi) is 4.91. The van der Waals surface area contributed by atoms with Crippen molar-refractivity contribution in [1.29, 1.82) is 0 Å². The molecule has 2 atom stereocenters. The summed E-state index contributed by atoms with van der Waals surface area (Å²) in [6, 6.07) is 1.69. The number of anilines is 1. The third-order valence-electron chi connectivity index (χ3n) is 3.81. The van der Waals surface area contributed by atoms with E-state index in [2.05, 4.69) is 26.2 Å². The standard InChI is InChI=1S/C14H16BrF3N2O/c1-8-5-12(19-7-11(8)15)20-13(21)9-3-2-4-10(6-9)14(16,17)18/h5,7,9-10H,2-4,6H2,1H3,(H,19,20,21). The molecule has 7 heteroatoms. The molecule has 2 unspecified atom stereocenters. The largest absolute Gasteiger partial charge is 0.391 e. The number of alkyl halides is 3. The summed E-state index contributed by atoms with van der Waals surface area (Å²) in [4.78, 5) is 16.1. The predicted molar refractivity (Wildman–Crippen MR) is 76.8 cm³/mol. The van der Waals surface area contributed by atoms with Crippen LogP contribution in [0.5, 0.6) is 0 Å². The molecule has 0 aliphatic heterocycles. The summed E-state index contributed by atoms with van der Waals surface area (Å²) in [5.74, 6) is -1.98. The van der Waals surface area contributed by atoms with Gasteiger partial charge in [0.15, 0.2) is 0 Å². The van der Waals surface area contributed by atoms with Crippen LogP contribution in [0.4, 0.5) is 19.0 Å². The molecule has 0 saturated heterocycles. The minimum atomic E-state index is -4.22. The van der Waals surface area contributed by atoms with Crippen molar-refractivity contribution in [3.63, 3.8) is 0 Å². The van der Waals surface area contributed by atoms with Crippen molar-refractivity contribution in [3.05, 3.63) is 22.3 Å². The molecule has 0 bridgehead atoms. The molecule has 116 valence electrons. The highest BCUT2D eigenvalue weighted by atomic mass is 79.9. The van der Waals surface area contributed by atoms with Crippen LogP contribution in [0.3, 0.4) is 0 Å². The highest BCUT2D eigenvalue weighted by Crippen LogP contribution is 2.40. The summed E-state index contributed by atoms with van der Waals surface area (Å²) >= 11 is 3.30. The van der Waals surface area contributed by atoms with Gasteiger partial charge in [-0.3, -0.25) is 4.79 Å². The minimum Gasteiger partial charge on any atom is -0.310 e. The molecule has 1 aromatic heterocycles. The number of carbonyl (C=O) groups excluding carboxylic acids is 1. The van der Waals surface area contributed by atoms with Gasteiger partial charge in [-0.15, -0.1) is 0 Å². The fourth-order valence-corrected chi connectivity index (χ4v) is 2.78. The summed E-state index contributed by atoms with van der Waals surface area (Å²) in [6.07, 6.45) is -1.76. The van der Waals surface area contributed by atoms with Crippen molar-refractivity contribution < 1.29 is 18.0 Å². The van der Waals surface area contributed by atoms with Crippen LogP contribution < -0.4 is 5.32 Å². The minimum absolute atomic E-state index is 0.114. The zero-order chi connectivity index (χ0) is 15.6. The quantitative estimate of drug-likeness (QED) is 0.841. The average molecular weight is 365 g/mol. The summed E-state index contributed by atoms with van der Waals surface area (Å²) < 4.78 is 39.1. The van der Waals surface area contributed by atoms with E-state index < -0.39 is 18.0 Å². The first kappa shape index (κ1) is 16.3. The lowest BCUT2D eigenvalue weighted by Crippen LogP contribution is -2.34. The Bertz CT molecular complexity index is 533. The molecule has 21 heavy (non-hydrogen) atoms. The van der Waals surface area contributed by atoms with E-state index in [-0.39, 0.29) is 18.7 Å². The van der Waals surface area contributed by atoms with Crippen LogP contribution in [0.1, 0.15) is 31.2 Å². The fourth-order valence-electron chi connectivity index (χ4n) is 2.56. The SMILES string of the molecule is Cc1cc(NC(=O)C2CCCC(C(F)(F)F)C2)ncc1Br. The summed E-state index contributed by atoms with van der Waals surface area (Å²) in [5, 5.41) is 2.61. The Balaban J connectivity index is 2.01. The van der Waals surface area contributed by atoms with Gasteiger partial charge in [0, 0.05) is 16.6 Å². The molecule has 1 N–H and O–H groups in total. The lowest BCUT2D eigenvalue weighted by molar-refractivity contribution is -0.185. The van der Waals surface area contributed by atoms with E-state index in [1.807, 2.05) is 6.92 Å². The highest BCUT2D eigenvalue weighted by Gasteiger charge is 2.43. The van der Waals surface area contributed by atoms with Crippen molar-refractivity contribution >= 4 is 27.7 Å². The first-order valence-electron chi connectivity index (χ1n) is 6.77. The number of carbonyl (C=O) groups is 1. The van der Waals surface area contributed by atoms with Gasteiger partial charge in [-0.1, -0.05) is 6.42 Å². The van der Waals surface area contributed by atoms with Crippen LogP contribution in [0.2, 0.25) is 0 Å². The molecule has 3 nitrogen and oxygen atoms in total. The summed E-state index contributed by atoms with van der Waals surface area (Å²) in [5.41, 5.74) is 0.900. The zero-order valence-electron chi connectivity index (χ0n) is 11.5. The molecule has 1 aliphatic carbocycles. The number of pyridine rings is 1. The van der Waals surface area contributed by atoms with Gasteiger partial charge in [-0.2, -0.15) is 13.2 Å². The lowest BCUT2D eigenvalue weighted by atomic mass is 9.80. The monoisotopic (exact) mass is 364 g/mol. The van der Waals surface area contributed by atoms with E-state index in [4.69, 9.17) is 0 Å². The maximum Gasteiger partial charge on any atom is 0.391 e. The molecule has 1 aliphatic rings. The highest BCUT2D eigenvalue weighted by molar-refractivity contribution is 9.10. The van der Waals surface area contributed by atoms with Gasteiger partial charge in [-0.05, 0) is 53.7 Å². The predicted octanol–water partition coefficient (Wildman–Crippen LogP) is 4.46. The van der Waals surface area contributed by atoms with E-state index in [0.717, 1.165) is 10.0 Å². The van der Waals surface area contributed by atoms with Gasteiger partial charge in [0.2, 0.25) is 5.91 Å². The molecule has 0 aromatic carbocycles. The Morgan fingerprint density at radius 1 is 1.43 bits per heavy atom. The number of aryl methyl sites for hydroxylation is 1. The number of amides is 1. The Morgan fingerprint density at radius 2 is 2.14 bits per heavy atom. The molecule has 0 spiro atoms. The van der Waals surface area contributed by atoms with Gasteiger partial charge >= 0.3 is 6.18 Å². The van der Waals surface area contributed by atoms with E-state index in [9.17, 15) is 18.0 Å². The number of hydrogen-bond donors (Lipinski definition) is 1. The second-order valence-corrected chi connectivity index (χ2v) is 6.26. The maximum absolute atomic E-state index is 12.8. The van der Waals surface area contributed by atoms with Crippen molar-refractivity contribution in [1.82, 2.24) is 4.98 Å². The van der Waals surface area contributed by atoms with Crippen molar-refractivity contribution in [2.75, 3.05) is 5.32 Å². The van der Waals surface area contributed by atoms with Gasteiger partial charge in [0.05, 0.1) is 5.92 Å². The number of rotatable bonds is 2. The second-order valence-electron chi connectivity index (χ2n) is 5.41. The molecule has 1 saturated carbocycles. The van der Waals surface area contributed by atoms with E-state index in [0.29, 0.717) is 18.7 Å². The molecule has 1 aromatic rings. The van der Waals surface area contributed by atoms with Gasteiger partial charge in [-0.25, -0.2) is 4.98 Å². The van der Waals surface area contributed by atoms with Crippen LogP contribution in [-0.4, -0.2) is 17.1 Å². The normalized spacial score (nSPS) is 22.9. The number of hydrogen-bond acceptors (Lipinski definition) is 2. The smallest absolute Gasteiger partial charge is 0.310 e. The number of nitrogens with one attached hydrogen (secondary N) is 1. The van der Waals surface area contributed by atoms with E-state index in [1.54, 1.807) is 12.3 Å². The zero-order valence-corrected chi connectivity index (χ0v) is 13.1. The molecular formula is C14H16BrF3N2O. The van der Waals surface area contributed by atoms with Gasteiger partial charge in [0.25, 0.3) is 0 Å². The lowest BCUT2D eigenvalue weighted by Gasteiger charge is -2.29.